The van der Waals surface area contributed by atoms with E-state index >= 15 is 0 Å². The molecule has 2 aliphatic rings. The zero-order valence-corrected chi connectivity index (χ0v) is 22.0. The number of carbonyl (C=O) groups excluding carboxylic acids is 2. The molecule has 1 saturated heterocycles. The van der Waals surface area contributed by atoms with Gasteiger partial charge >= 0.3 is 0 Å². The summed E-state index contributed by atoms with van der Waals surface area (Å²) >= 11 is 13.1. The van der Waals surface area contributed by atoms with Gasteiger partial charge in [0, 0.05) is 34.0 Å². The maximum absolute atomic E-state index is 13.1. The van der Waals surface area contributed by atoms with E-state index in [1.165, 1.54) is 5.56 Å². The third kappa shape index (κ3) is 4.42. The fraction of sp³-hybridized carbons (Fsp3) is 0.517. The number of halogens is 2. The van der Waals surface area contributed by atoms with Crippen molar-refractivity contribution in [2.75, 3.05) is 0 Å². The normalized spacial score (nSPS) is 29.4. The molecule has 0 aromatic heterocycles. The van der Waals surface area contributed by atoms with Crippen LogP contribution in [0.3, 0.4) is 0 Å². The van der Waals surface area contributed by atoms with Crippen LogP contribution in [0.2, 0.25) is 10.0 Å². The number of hydrogen-bond donors (Lipinski definition) is 1. The molecule has 1 saturated carbocycles. The summed E-state index contributed by atoms with van der Waals surface area (Å²) < 4.78 is 0. The molecular weight excluding hydrogens is 465 g/mol. The molecule has 6 atom stereocenters. The first-order valence-electron chi connectivity index (χ1n) is 12.6. The molecule has 1 heterocycles. The highest BCUT2D eigenvalue weighted by Crippen LogP contribution is 2.60. The smallest absolute Gasteiger partial charge is 0.226 e. The molecular formula is C29H35Cl2NO2. The van der Waals surface area contributed by atoms with Gasteiger partial charge in [0.15, 0.2) is 5.78 Å². The largest absolute Gasteiger partial charge is 0.353 e. The van der Waals surface area contributed by atoms with Crippen LogP contribution in [0.15, 0.2) is 42.5 Å². The average molecular weight is 501 g/mol. The van der Waals surface area contributed by atoms with Gasteiger partial charge in [-0.3, -0.25) is 9.59 Å². The fourth-order valence-corrected chi connectivity index (χ4v) is 6.92. The summed E-state index contributed by atoms with van der Waals surface area (Å²) in [4.78, 5) is 25.9. The van der Waals surface area contributed by atoms with Gasteiger partial charge in [-0.2, -0.15) is 0 Å². The quantitative estimate of drug-likeness (QED) is 0.394. The highest BCUT2D eigenvalue weighted by Gasteiger charge is 2.59. The lowest BCUT2D eigenvalue weighted by molar-refractivity contribution is -0.131. The first-order valence-corrected chi connectivity index (χ1v) is 13.4. The van der Waals surface area contributed by atoms with Crippen LogP contribution in [0.4, 0.5) is 0 Å². The summed E-state index contributed by atoms with van der Waals surface area (Å²) in [6, 6.07) is 14.0. The van der Waals surface area contributed by atoms with Crippen molar-refractivity contribution in [3.05, 3.63) is 69.2 Å². The molecule has 1 N–H and O–H groups in total. The molecule has 2 aromatic rings. The van der Waals surface area contributed by atoms with Crippen molar-refractivity contribution in [2.24, 2.45) is 17.3 Å². The second-order valence-electron chi connectivity index (χ2n) is 10.4. The fourth-order valence-electron chi connectivity index (χ4n) is 6.47. The van der Waals surface area contributed by atoms with Crippen molar-refractivity contribution in [3.63, 3.8) is 0 Å². The van der Waals surface area contributed by atoms with Crippen molar-refractivity contribution in [1.82, 2.24) is 5.32 Å². The second-order valence-corrected chi connectivity index (χ2v) is 11.2. The molecule has 182 valence electrons. The van der Waals surface area contributed by atoms with Gasteiger partial charge < -0.3 is 5.32 Å². The molecule has 1 aliphatic heterocycles. The molecule has 1 unspecified atom stereocenters. The maximum Gasteiger partial charge on any atom is 0.226 e. The molecule has 34 heavy (non-hydrogen) atoms. The van der Waals surface area contributed by atoms with E-state index in [1.807, 2.05) is 30.3 Å². The van der Waals surface area contributed by atoms with Gasteiger partial charge in [0.25, 0.3) is 0 Å². The van der Waals surface area contributed by atoms with Crippen LogP contribution in [-0.2, 0) is 4.79 Å². The Bertz CT molecular complexity index is 1070. The predicted molar refractivity (Wildman–Crippen MR) is 140 cm³/mol. The number of hydrogen-bond acceptors (Lipinski definition) is 2. The Hall–Kier alpha value is -1.84. The molecule has 1 amide bonds. The maximum atomic E-state index is 13.1. The first-order chi connectivity index (χ1) is 16.2. The Kier molecular flexibility index (Phi) is 7.45. The molecule has 0 bridgehead atoms. The zero-order valence-electron chi connectivity index (χ0n) is 20.5. The Balaban J connectivity index is 1.75. The number of ketones is 1. The number of rotatable bonds is 7. The van der Waals surface area contributed by atoms with Gasteiger partial charge in [0.1, 0.15) is 0 Å². The Morgan fingerprint density at radius 1 is 1.15 bits per heavy atom. The number of benzene rings is 2. The van der Waals surface area contributed by atoms with E-state index in [1.54, 1.807) is 0 Å². The first kappa shape index (κ1) is 25.3. The van der Waals surface area contributed by atoms with E-state index in [2.05, 4.69) is 45.1 Å². The molecule has 0 radical (unpaired) electrons. The number of amides is 1. The van der Waals surface area contributed by atoms with Crippen LogP contribution in [0, 0.1) is 17.3 Å². The lowest BCUT2D eigenvalue weighted by Gasteiger charge is -2.47. The summed E-state index contributed by atoms with van der Waals surface area (Å²) in [6.07, 6.45) is 4.05. The van der Waals surface area contributed by atoms with Crippen LogP contribution in [0.25, 0.3) is 0 Å². The summed E-state index contributed by atoms with van der Waals surface area (Å²) in [7, 11) is 0. The Labute approximate surface area is 213 Å². The molecule has 1 aliphatic carbocycles. The lowest BCUT2D eigenvalue weighted by Crippen LogP contribution is -2.43. The van der Waals surface area contributed by atoms with Gasteiger partial charge in [-0.15, -0.1) is 0 Å². The van der Waals surface area contributed by atoms with Crippen LogP contribution in [0.1, 0.15) is 93.1 Å². The molecule has 2 aromatic carbocycles. The van der Waals surface area contributed by atoms with E-state index in [-0.39, 0.29) is 40.9 Å². The van der Waals surface area contributed by atoms with E-state index < -0.39 is 0 Å². The standard InChI is InChI=1S/C29H35Cl2NO2/c1-5-17(3)15-25(33)20-9-12-22(24(31)16-20)23-13-14-29(6-2)27(18(4)32-28(29)34)26(23)19-7-10-21(30)11-8-19/h7-12,16-18,23,26-27H,5-6,13-15H2,1-4H3,(H,32,34)/t17?,18-,23+,26+,27+,29-/m1/s1. The second kappa shape index (κ2) is 10.0. The van der Waals surface area contributed by atoms with Crippen molar-refractivity contribution < 1.29 is 9.59 Å². The van der Waals surface area contributed by atoms with Crippen molar-refractivity contribution >= 4 is 34.9 Å². The van der Waals surface area contributed by atoms with E-state index in [0.29, 0.717) is 27.9 Å². The summed E-state index contributed by atoms with van der Waals surface area (Å²) in [6.45, 7) is 8.47. The molecule has 4 rings (SSSR count). The van der Waals surface area contributed by atoms with Crippen LogP contribution < -0.4 is 5.32 Å². The van der Waals surface area contributed by atoms with E-state index in [4.69, 9.17) is 23.2 Å². The topological polar surface area (TPSA) is 46.2 Å². The minimum Gasteiger partial charge on any atom is -0.353 e. The third-order valence-corrected chi connectivity index (χ3v) is 9.13. The summed E-state index contributed by atoms with van der Waals surface area (Å²) in [5.41, 5.74) is 2.58. The average Bonchev–Trinajstić information content (AvgIpc) is 3.09. The predicted octanol–water partition coefficient (Wildman–Crippen LogP) is 7.80. The van der Waals surface area contributed by atoms with Crippen LogP contribution >= 0.6 is 23.2 Å². The molecule has 5 heteroatoms. The van der Waals surface area contributed by atoms with E-state index in [9.17, 15) is 9.59 Å². The van der Waals surface area contributed by atoms with Gasteiger partial charge in [-0.05, 0) is 73.3 Å². The minimum absolute atomic E-state index is 0.0751. The summed E-state index contributed by atoms with van der Waals surface area (Å²) in [5.74, 6) is 1.13. The van der Waals surface area contributed by atoms with Gasteiger partial charge in [-0.25, -0.2) is 0 Å². The zero-order chi connectivity index (χ0) is 24.6. The lowest BCUT2D eigenvalue weighted by atomic mass is 9.54. The van der Waals surface area contributed by atoms with Crippen LogP contribution in [0.5, 0.6) is 0 Å². The SMILES string of the molecule is CCC(C)CC(=O)c1ccc([C@@H]2CC[C@@]3(CC)C(=O)N[C@H](C)[C@H]3[C@H]2c2ccc(Cl)cc2)c(Cl)c1. The van der Waals surface area contributed by atoms with Gasteiger partial charge in [-0.1, -0.05) is 74.7 Å². The van der Waals surface area contributed by atoms with Crippen molar-refractivity contribution in [1.29, 1.82) is 0 Å². The van der Waals surface area contributed by atoms with Crippen molar-refractivity contribution in [2.45, 2.75) is 77.7 Å². The molecule has 3 nitrogen and oxygen atoms in total. The number of nitrogens with one attached hydrogen (secondary N) is 1. The third-order valence-electron chi connectivity index (χ3n) is 8.55. The van der Waals surface area contributed by atoms with Crippen LogP contribution in [-0.4, -0.2) is 17.7 Å². The highest BCUT2D eigenvalue weighted by atomic mass is 35.5. The number of Topliss-reactive ketones (excluding diaryl/α,β-unsaturated/α-hetero) is 1. The Morgan fingerprint density at radius 3 is 2.47 bits per heavy atom. The Morgan fingerprint density at radius 2 is 1.85 bits per heavy atom. The molecule has 0 spiro atoms. The number of fused-ring (bicyclic) bond motifs is 1. The monoisotopic (exact) mass is 499 g/mol. The van der Waals surface area contributed by atoms with Gasteiger partial charge in [0.2, 0.25) is 5.91 Å². The highest BCUT2D eigenvalue weighted by molar-refractivity contribution is 6.32. The van der Waals surface area contributed by atoms with Gasteiger partial charge in [0.05, 0.1) is 5.41 Å². The van der Waals surface area contributed by atoms with E-state index in [0.717, 1.165) is 31.2 Å². The number of carbonyl (C=O) groups is 2. The van der Waals surface area contributed by atoms with Crippen molar-refractivity contribution in [3.8, 4) is 0 Å². The summed E-state index contributed by atoms with van der Waals surface area (Å²) in [5, 5.41) is 4.60. The molecule has 2 fully saturated rings. The minimum atomic E-state index is -0.362.